The normalized spacial score (nSPS) is 13.3. The molecule has 692 valence electrons. The third kappa shape index (κ3) is 78.3. The first-order chi connectivity index (χ1) is 56.8. The smallest absolute Gasteiger partial charge is 0.308 e. The van der Waals surface area contributed by atoms with Gasteiger partial charge in [-0.1, -0.05) is 305 Å². The van der Waals surface area contributed by atoms with Crippen molar-refractivity contribution in [2.45, 2.75) is 502 Å². The molecule has 5 unspecified atom stereocenters. The summed E-state index contributed by atoms with van der Waals surface area (Å²) in [4.78, 5) is 82.3. The van der Waals surface area contributed by atoms with Crippen LogP contribution in [0.5, 0.6) is 0 Å². The number of ether oxygens (including phenoxy) is 4. The third-order valence-corrected chi connectivity index (χ3v) is 23.4. The highest BCUT2D eigenvalue weighted by molar-refractivity contribution is 5.81. The summed E-state index contributed by atoms with van der Waals surface area (Å²) in [5.74, 6) is -1.28. The maximum atomic E-state index is 13.4. The number of rotatable bonds is 92. The van der Waals surface area contributed by atoms with Crippen molar-refractivity contribution in [3.8, 4) is 0 Å². The average Bonchev–Trinajstić information content (AvgIpc) is 0.886. The fraction of sp³-hybridized carbons (Fsp3) is 0.939. The molecule has 7 N–H and O–H groups in total. The minimum absolute atomic E-state index is 0.0338. The Kier molecular flexibility index (Phi) is 82.2. The van der Waals surface area contributed by atoms with Gasteiger partial charge in [-0.15, -0.1) is 0 Å². The summed E-state index contributed by atoms with van der Waals surface area (Å²) in [5.41, 5.74) is -1.60. The van der Waals surface area contributed by atoms with Crippen LogP contribution in [0, 0.1) is 11.8 Å². The van der Waals surface area contributed by atoms with Gasteiger partial charge in [-0.3, -0.25) is 38.6 Å². The second-order valence-corrected chi connectivity index (χ2v) is 35.6. The zero-order valence-electron chi connectivity index (χ0n) is 77.3. The summed E-state index contributed by atoms with van der Waals surface area (Å²) in [7, 11) is 0. The second-order valence-electron chi connectivity index (χ2n) is 35.6. The van der Waals surface area contributed by atoms with Crippen molar-refractivity contribution in [3.63, 3.8) is 0 Å². The number of aliphatic hydroxyl groups excluding tert-OH is 4. The van der Waals surface area contributed by atoms with E-state index in [1.807, 2.05) is 0 Å². The summed E-state index contributed by atoms with van der Waals surface area (Å²) in [6.45, 7) is 19.4. The molecule has 0 rings (SSSR count). The fourth-order valence-electron chi connectivity index (χ4n) is 16.0. The number of carbonyl (C=O) groups is 6. The van der Waals surface area contributed by atoms with E-state index in [2.05, 4.69) is 62.0 Å². The third-order valence-electron chi connectivity index (χ3n) is 23.4. The standard InChI is InChI=1S/C98H190N4O15/c1-8-14-20-26-32-34-36-42-52-71-95(110)115-79-61-69-91(106)85-102(83-89(104)67-50-44-59-78-117-97(112)87(64-47-39-30-24-18-12-5)65-48-40-31-25-19-13-6)75-57-55-73-100-93(108)81-98(7,113)80-92(107)99-72-54-56-74-101(84-90(105)68-53-60-76-114-94(109)70-51-41-35-33-27-21-15-9-2)82-88(103)66-49-43-58-77-116-96(111)86(62-45-37-28-22-16-10-3)63-46-38-29-23-17-11-4/h86-91,103-106,113H,8-85H2,1-7H3,(H,99,107)(H,100,108). The Morgan fingerprint density at radius 1 is 0.282 bits per heavy atom. The molecule has 0 aliphatic heterocycles. The van der Waals surface area contributed by atoms with Crippen molar-refractivity contribution in [1.82, 2.24) is 20.4 Å². The summed E-state index contributed by atoms with van der Waals surface area (Å²) in [6, 6.07) is 0. The first kappa shape index (κ1) is 114. The molecule has 0 radical (unpaired) electrons. The van der Waals surface area contributed by atoms with Crippen LogP contribution in [0.2, 0.25) is 0 Å². The van der Waals surface area contributed by atoms with Crippen molar-refractivity contribution in [1.29, 1.82) is 0 Å². The van der Waals surface area contributed by atoms with E-state index in [-0.39, 0.29) is 67.0 Å². The van der Waals surface area contributed by atoms with Gasteiger partial charge in [-0.05, 0) is 155 Å². The second kappa shape index (κ2) is 84.7. The minimum atomic E-state index is -1.60. The lowest BCUT2D eigenvalue weighted by molar-refractivity contribution is -0.150. The van der Waals surface area contributed by atoms with E-state index in [0.717, 1.165) is 154 Å². The molecule has 0 bridgehead atoms. The van der Waals surface area contributed by atoms with Crippen LogP contribution in [0.15, 0.2) is 0 Å². The molecule has 117 heavy (non-hydrogen) atoms. The number of amides is 2. The average molecular weight is 1660 g/mol. The van der Waals surface area contributed by atoms with Crippen LogP contribution in [0.1, 0.15) is 472 Å². The molecule has 0 aromatic rings. The molecule has 0 heterocycles. The highest BCUT2D eigenvalue weighted by Crippen LogP contribution is 2.25. The Morgan fingerprint density at radius 2 is 0.513 bits per heavy atom. The number of carbonyl (C=O) groups excluding carboxylic acids is 6. The van der Waals surface area contributed by atoms with E-state index >= 15 is 0 Å². The van der Waals surface area contributed by atoms with E-state index in [1.165, 1.54) is 180 Å². The van der Waals surface area contributed by atoms with E-state index in [4.69, 9.17) is 18.9 Å². The Morgan fingerprint density at radius 3 is 0.821 bits per heavy atom. The van der Waals surface area contributed by atoms with Crippen LogP contribution in [0.25, 0.3) is 0 Å². The molecule has 0 saturated heterocycles. The molecule has 2 amide bonds. The zero-order valence-corrected chi connectivity index (χ0v) is 77.3. The van der Waals surface area contributed by atoms with Crippen LogP contribution in [0.3, 0.4) is 0 Å². The van der Waals surface area contributed by atoms with Crippen LogP contribution in [0.4, 0.5) is 0 Å². The quantitative estimate of drug-likeness (QED) is 0.0169. The first-order valence-electron chi connectivity index (χ1n) is 49.9. The fourth-order valence-corrected chi connectivity index (χ4v) is 16.0. The lowest BCUT2D eigenvalue weighted by atomic mass is 9.94. The SMILES string of the molecule is CCCCCCCCCCCC(=O)OCCCC(O)CN(CCCCNC(=O)CC(C)(O)CC(=O)NCCCCN(CC(O)CCCCCOC(=O)C(CCCCCCCC)CCCCCCCC)CC(O)CCCCOC(=O)CCCCCCCCCC)CC(O)CCCCCOC(=O)C(CCCCCCCC)CCCCCCCC. The summed E-state index contributed by atoms with van der Waals surface area (Å²) in [5, 5.41) is 62.4. The van der Waals surface area contributed by atoms with Crippen LogP contribution < -0.4 is 10.6 Å². The predicted molar refractivity (Wildman–Crippen MR) is 483 cm³/mol. The Hall–Kier alpha value is -3.46. The van der Waals surface area contributed by atoms with E-state index in [9.17, 15) is 54.3 Å². The molecule has 5 atom stereocenters. The number of hydrogen-bond acceptors (Lipinski definition) is 17. The Bertz CT molecular complexity index is 2200. The maximum absolute atomic E-state index is 13.4. The van der Waals surface area contributed by atoms with Crippen molar-refractivity contribution in [3.05, 3.63) is 0 Å². The number of aliphatic hydroxyl groups is 5. The largest absolute Gasteiger partial charge is 0.466 e. The summed E-state index contributed by atoms with van der Waals surface area (Å²) >= 11 is 0. The number of unbranched alkanes of at least 4 members (excludes halogenated alkanes) is 42. The number of nitrogens with zero attached hydrogens (tertiary/aromatic N) is 2. The topological polar surface area (TPSA) is 271 Å². The highest BCUT2D eigenvalue weighted by Gasteiger charge is 2.28. The van der Waals surface area contributed by atoms with Gasteiger partial charge >= 0.3 is 23.9 Å². The maximum Gasteiger partial charge on any atom is 0.308 e. The van der Waals surface area contributed by atoms with E-state index in [0.29, 0.717) is 156 Å². The van der Waals surface area contributed by atoms with E-state index in [1.54, 1.807) is 0 Å². The van der Waals surface area contributed by atoms with Crippen LogP contribution in [-0.2, 0) is 47.7 Å². The van der Waals surface area contributed by atoms with Crippen molar-refractivity contribution in [2.75, 3.05) is 78.8 Å². The van der Waals surface area contributed by atoms with Gasteiger partial charge in [0.2, 0.25) is 11.8 Å². The molecule has 0 aliphatic carbocycles. The number of hydrogen-bond donors (Lipinski definition) is 7. The minimum Gasteiger partial charge on any atom is -0.466 e. The van der Waals surface area contributed by atoms with Gasteiger partial charge in [-0.2, -0.15) is 0 Å². The van der Waals surface area contributed by atoms with Gasteiger partial charge in [0, 0.05) is 52.1 Å². The molecule has 0 spiro atoms. The highest BCUT2D eigenvalue weighted by atomic mass is 16.5. The van der Waals surface area contributed by atoms with Crippen LogP contribution in [-0.4, -0.2) is 180 Å². The lowest BCUT2D eigenvalue weighted by Gasteiger charge is -2.27. The molecule has 19 nitrogen and oxygen atoms in total. The molecule has 0 saturated carbocycles. The number of esters is 4. The summed E-state index contributed by atoms with van der Waals surface area (Å²) in [6.07, 6.45) is 61.1. The summed E-state index contributed by atoms with van der Waals surface area (Å²) < 4.78 is 22.8. The molecular formula is C98H190N4O15. The van der Waals surface area contributed by atoms with Gasteiger partial charge in [0.05, 0.1) is 81.1 Å². The van der Waals surface area contributed by atoms with Gasteiger partial charge in [0.15, 0.2) is 0 Å². The van der Waals surface area contributed by atoms with E-state index < -0.39 is 30.0 Å². The first-order valence-corrected chi connectivity index (χ1v) is 49.9. The van der Waals surface area contributed by atoms with Crippen molar-refractivity contribution >= 4 is 35.7 Å². The molecule has 0 aliphatic rings. The Balaban J connectivity index is 5.52. The van der Waals surface area contributed by atoms with Gasteiger partial charge < -0.3 is 55.1 Å². The zero-order chi connectivity index (χ0) is 86.0. The lowest BCUT2D eigenvalue weighted by Crippen LogP contribution is -2.40. The molecular weight excluding hydrogens is 1470 g/mol. The van der Waals surface area contributed by atoms with Gasteiger partial charge in [0.25, 0.3) is 0 Å². The van der Waals surface area contributed by atoms with Gasteiger partial charge in [0.1, 0.15) is 0 Å². The molecule has 0 aromatic carbocycles. The van der Waals surface area contributed by atoms with Gasteiger partial charge in [-0.25, -0.2) is 0 Å². The van der Waals surface area contributed by atoms with Crippen molar-refractivity contribution < 1.29 is 73.2 Å². The molecule has 0 aromatic heterocycles. The Labute approximate surface area is 718 Å². The molecule has 0 fully saturated rings. The van der Waals surface area contributed by atoms with Crippen LogP contribution >= 0.6 is 0 Å². The number of nitrogens with one attached hydrogen (secondary N) is 2. The predicted octanol–water partition coefficient (Wildman–Crippen LogP) is 22.3. The van der Waals surface area contributed by atoms with Crippen molar-refractivity contribution in [2.24, 2.45) is 11.8 Å². The monoisotopic (exact) mass is 1660 g/mol. The molecule has 19 heteroatoms.